The lowest BCUT2D eigenvalue weighted by molar-refractivity contribution is -0.386. The number of halogens is 2. The van der Waals surface area contributed by atoms with Crippen LogP contribution in [0, 0.1) is 54.2 Å². The zero-order valence-corrected chi connectivity index (χ0v) is 75.5. The summed E-state index contributed by atoms with van der Waals surface area (Å²) in [4.78, 5) is 79.7. The topological polar surface area (TPSA) is 326 Å². The molecule has 6 aromatic carbocycles. The molecule has 4 N–H and O–H groups in total. The van der Waals surface area contributed by atoms with Crippen LogP contribution in [0.3, 0.4) is 0 Å². The van der Waals surface area contributed by atoms with Crippen molar-refractivity contribution in [2.45, 2.75) is 110 Å². The van der Waals surface area contributed by atoms with Gasteiger partial charge in [0.05, 0.1) is 67.5 Å². The van der Waals surface area contributed by atoms with Crippen LogP contribution in [0.2, 0.25) is 10.0 Å². The molecule has 0 radical (unpaired) electrons. The number of fused-ring (bicyclic) bond motifs is 4. The molecule has 0 bridgehead atoms. The second-order valence-electron chi connectivity index (χ2n) is 37.8. The fraction of sp³-hybridized carbons (Fsp3) is 0.411. The number of rotatable bonds is 24. The Labute approximate surface area is 749 Å². The zero-order valence-electron chi connectivity index (χ0n) is 72.4. The van der Waals surface area contributed by atoms with Crippen molar-refractivity contribution in [3.63, 3.8) is 0 Å². The first kappa shape index (κ1) is 88.1. The van der Waals surface area contributed by atoms with Crippen molar-refractivity contribution in [1.29, 1.82) is 0 Å². The number of sulfonamides is 2. The first-order valence-corrected chi connectivity index (χ1v) is 47.2. The maximum Gasteiger partial charge on any atom is 0.277 e. The molecule has 0 saturated carbocycles. The number of nitrogens with zero attached hydrogens (tertiary/aromatic N) is 10. The molecule has 32 heteroatoms. The minimum absolute atomic E-state index is 0.0175. The van der Waals surface area contributed by atoms with Gasteiger partial charge in [-0.3, -0.25) is 39.6 Å². The number of aromatic nitrogens is 4. The maximum atomic E-state index is 14.1. The molecular weight excluding hydrogens is 1700 g/mol. The van der Waals surface area contributed by atoms with E-state index in [2.05, 4.69) is 132 Å². The molecule has 18 rings (SSSR count). The van der Waals surface area contributed by atoms with E-state index in [-0.39, 0.29) is 73.6 Å². The number of hydrogen-bond acceptors (Lipinski definition) is 22. The summed E-state index contributed by atoms with van der Waals surface area (Å²) in [5.74, 6) is -0.0232. The fourth-order valence-electron chi connectivity index (χ4n) is 19.3. The van der Waals surface area contributed by atoms with Gasteiger partial charge in [-0.05, 0) is 169 Å². The van der Waals surface area contributed by atoms with E-state index in [1.807, 2.05) is 36.4 Å². The van der Waals surface area contributed by atoms with Crippen LogP contribution in [0.1, 0.15) is 130 Å². The normalized spacial score (nSPS) is 19.8. The third-order valence-corrected chi connectivity index (χ3v) is 29.0. The van der Waals surface area contributed by atoms with Gasteiger partial charge in [-0.2, -0.15) is 0 Å². The summed E-state index contributed by atoms with van der Waals surface area (Å²) in [6, 6.07) is 38.3. The number of likely N-dealkylation sites (tertiary alicyclic amines) is 2. The Morgan fingerprint density at radius 1 is 0.528 bits per heavy atom. The van der Waals surface area contributed by atoms with E-state index in [9.17, 15) is 46.7 Å². The van der Waals surface area contributed by atoms with Gasteiger partial charge < -0.3 is 48.5 Å². The summed E-state index contributed by atoms with van der Waals surface area (Å²) in [7, 11) is -9.23. The number of benzene rings is 6. The van der Waals surface area contributed by atoms with E-state index in [0.29, 0.717) is 65.9 Å². The Hall–Kier alpha value is -11.0. The molecule has 10 heterocycles. The number of piperazine rings is 2. The number of carbonyl (C=O) groups excluding carboxylic acids is 2. The SMILES string of the molecule is CC1(C)CCC(CN2CCN(c3ccc(C(=O)NS(=O)(=O)c4cc5c(c([N+](=O)[O-])c4)C[C@@H](CN4CC(C)(C)C4)CO5)c(Oc4cnc5[nH]ccc5c4)c3)CC2)=C(c2ccc(Cl)cc2)C1.CC1CN(C[C@H]2COc3cc(S(=O)(=O)NC(=O)c4ccc(N5CCN(CC6=C(c7ccc(Cl)cc7)CC(C)(C)CC6)CC5)cc4Oc4cnc5[nH]ccc5c4)cc([N+](=O)[O-])c3C2)C1. The van der Waals surface area contributed by atoms with E-state index >= 15 is 0 Å². The molecule has 4 aromatic heterocycles. The van der Waals surface area contributed by atoms with E-state index in [4.69, 9.17) is 42.1 Å². The number of anilines is 2. The molecule has 6 aliphatic heterocycles. The second kappa shape index (κ2) is 35.9. The van der Waals surface area contributed by atoms with Crippen molar-refractivity contribution >= 4 is 111 Å². The van der Waals surface area contributed by atoms with Crippen LogP contribution >= 0.6 is 23.2 Å². The number of amides is 2. The van der Waals surface area contributed by atoms with Crippen molar-refractivity contribution in [2.75, 3.05) is 128 Å². The lowest BCUT2D eigenvalue weighted by atomic mass is 9.72. The van der Waals surface area contributed by atoms with Gasteiger partial charge in [0.1, 0.15) is 45.8 Å². The lowest BCUT2D eigenvalue weighted by Gasteiger charge is -2.47. The van der Waals surface area contributed by atoms with Crippen LogP contribution in [0.5, 0.6) is 34.5 Å². The van der Waals surface area contributed by atoms with E-state index in [0.717, 1.165) is 188 Å². The molecule has 28 nitrogen and oxygen atoms in total. The number of carbonyl (C=O) groups is 2. The second-order valence-corrected chi connectivity index (χ2v) is 42.0. The summed E-state index contributed by atoms with van der Waals surface area (Å²) in [5.41, 5.74) is 11.8. The van der Waals surface area contributed by atoms with Crippen molar-refractivity contribution in [3.05, 3.63) is 233 Å². The van der Waals surface area contributed by atoms with Crippen molar-refractivity contribution in [3.8, 4) is 34.5 Å². The van der Waals surface area contributed by atoms with Crippen LogP contribution < -0.4 is 38.2 Å². The molecular formula is C95H106Cl2N14O14S2. The number of ether oxygens (including phenoxy) is 4. The number of aromatic amines is 2. The molecule has 0 spiro atoms. The van der Waals surface area contributed by atoms with Gasteiger partial charge in [-0.25, -0.2) is 36.2 Å². The highest BCUT2D eigenvalue weighted by atomic mass is 35.5. The quantitative estimate of drug-likeness (QED) is 0.0322. The molecule has 666 valence electrons. The Balaban J connectivity index is 0.000000179. The Bertz CT molecular complexity index is 6210. The van der Waals surface area contributed by atoms with Gasteiger partial charge in [-0.15, -0.1) is 0 Å². The summed E-state index contributed by atoms with van der Waals surface area (Å²) >= 11 is 12.5. The Morgan fingerprint density at radius 3 is 1.33 bits per heavy atom. The number of H-pyrrole nitrogens is 2. The number of nitrogens with one attached hydrogen (secondary N) is 4. The van der Waals surface area contributed by atoms with Gasteiger partial charge in [-0.1, -0.05) is 107 Å². The van der Waals surface area contributed by atoms with Crippen molar-refractivity contribution in [1.82, 2.24) is 49.0 Å². The predicted molar refractivity (Wildman–Crippen MR) is 491 cm³/mol. The third kappa shape index (κ3) is 20.3. The van der Waals surface area contributed by atoms with Crippen molar-refractivity contribution in [2.24, 2.45) is 34.0 Å². The molecule has 10 aromatic rings. The third-order valence-electron chi connectivity index (χ3n) is 25.9. The van der Waals surface area contributed by atoms with Crippen LogP contribution in [0.15, 0.2) is 179 Å². The standard InChI is InChI=1S/C48H54ClN7O7S.C47H52ClN7O7S/c1-47(2)13-11-34(41(24-47)32-5-7-35(49)8-6-32)27-53-15-17-55(18-16-53)36-9-10-39(44(21-36)63-37-20-33-12-14-50-45(33)51-25-37)46(57)52-64(60,61)38-22-42(56(58)59)40-19-31(28-62-43(40)23-38)26-54-29-48(3,4)30-54;1-30-25-53(26-30)27-31-18-40-42(55(57)58)21-38(22-43(40)61-29-31)63(59,60)51-46(56)39-9-8-36(20-44(39)62-37-19-33-11-13-49-45(33)50-24-37)54-16-14-52(15-17-54)28-34-10-12-47(2,3)23-41(34)32-4-6-35(48)7-5-32/h5-10,12,14,20-23,25,31H,11,13,15-19,24,26-30H2,1-4H3,(H,50,51)(H,52,57);4-9,11,13,19-22,24,30-31H,10,12,14-18,23,25-29H2,1-3H3,(H,49,50)(H,51,56)/t2*31-/m00/s1. The van der Waals surface area contributed by atoms with Gasteiger partial charge >= 0.3 is 0 Å². The summed E-state index contributed by atoms with van der Waals surface area (Å²) in [6.07, 6.45) is 13.7. The minimum atomic E-state index is -4.62. The molecule has 4 saturated heterocycles. The average molecular weight is 1800 g/mol. The first-order chi connectivity index (χ1) is 60.6. The van der Waals surface area contributed by atoms with Gasteiger partial charge in [0.15, 0.2) is 0 Å². The van der Waals surface area contributed by atoms with E-state index in [1.54, 1.807) is 60.9 Å². The first-order valence-electron chi connectivity index (χ1n) is 43.5. The Morgan fingerprint density at radius 2 is 0.937 bits per heavy atom. The van der Waals surface area contributed by atoms with E-state index < -0.39 is 51.5 Å². The lowest BCUT2D eigenvalue weighted by Crippen LogP contribution is -2.55. The highest BCUT2D eigenvalue weighted by Gasteiger charge is 2.41. The van der Waals surface area contributed by atoms with E-state index in [1.165, 1.54) is 57.9 Å². The molecule has 8 aliphatic rings. The van der Waals surface area contributed by atoms with Gasteiger partial charge in [0, 0.05) is 198 Å². The summed E-state index contributed by atoms with van der Waals surface area (Å²) in [5, 5.41) is 27.7. The molecule has 2 atom stereocenters. The van der Waals surface area contributed by atoms with Crippen LogP contribution in [0.4, 0.5) is 22.7 Å². The number of nitro groups is 2. The largest absolute Gasteiger partial charge is 0.493 e. The molecule has 2 aliphatic carbocycles. The monoisotopic (exact) mass is 1800 g/mol. The van der Waals surface area contributed by atoms with Crippen LogP contribution in [0.25, 0.3) is 33.2 Å². The maximum absolute atomic E-state index is 14.1. The number of hydrogen-bond donors (Lipinski definition) is 4. The zero-order chi connectivity index (χ0) is 89.0. The number of nitro benzene ring substituents is 2. The van der Waals surface area contributed by atoms with Crippen molar-refractivity contribution < 1.29 is 55.2 Å². The molecule has 127 heavy (non-hydrogen) atoms. The van der Waals surface area contributed by atoms with Gasteiger partial charge in [0.25, 0.3) is 43.2 Å². The molecule has 0 unspecified atom stereocenters. The Kier molecular flexibility index (Phi) is 24.9. The highest BCUT2D eigenvalue weighted by molar-refractivity contribution is 7.90. The molecule has 4 fully saturated rings. The smallest absolute Gasteiger partial charge is 0.277 e. The average Bonchev–Trinajstić information content (AvgIpc) is 0.857. The summed E-state index contributed by atoms with van der Waals surface area (Å²) in [6.45, 7) is 29.8. The summed E-state index contributed by atoms with van der Waals surface area (Å²) < 4.78 is 84.6. The predicted octanol–water partition coefficient (Wildman–Crippen LogP) is 17.0. The molecule has 2 amide bonds. The fourth-order valence-corrected chi connectivity index (χ4v) is 21.5. The minimum Gasteiger partial charge on any atom is -0.493 e. The van der Waals surface area contributed by atoms with Gasteiger partial charge in [0.2, 0.25) is 0 Å². The number of pyridine rings is 2. The van der Waals surface area contributed by atoms with Crippen LogP contribution in [-0.2, 0) is 32.9 Å². The highest BCUT2D eigenvalue weighted by Crippen LogP contribution is 2.48. The number of allylic oxidation sites excluding steroid dienone is 2. The van der Waals surface area contributed by atoms with Crippen LogP contribution in [-0.4, -0.2) is 196 Å².